The zero-order valence-electron chi connectivity index (χ0n) is 9.12. The first kappa shape index (κ1) is 11.9. The van der Waals surface area contributed by atoms with E-state index in [4.69, 9.17) is 0 Å². The molecule has 0 amide bonds. The van der Waals surface area contributed by atoms with Crippen molar-refractivity contribution in [3.05, 3.63) is 46.2 Å². The van der Waals surface area contributed by atoms with Gasteiger partial charge in [0.15, 0.2) is 0 Å². The van der Waals surface area contributed by atoms with E-state index in [1.54, 1.807) is 17.4 Å². The van der Waals surface area contributed by atoms with Crippen LogP contribution in [0.15, 0.2) is 30.6 Å². The van der Waals surface area contributed by atoms with Crippen LogP contribution in [0.3, 0.4) is 0 Å². The lowest BCUT2D eigenvalue weighted by Gasteiger charge is -1.97. The van der Waals surface area contributed by atoms with Crippen LogP contribution in [0, 0.1) is 13.8 Å². The Hall–Kier alpha value is -1.22. The molecule has 1 nitrogen and oxygen atoms in total. The molecule has 1 heterocycles. The van der Waals surface area contributed by atoms with Crippen molar-refractivity contribution in [3.8, 4) is 0 Å². The molecule has 0 spiro atoms. The molecule has 0 unspecified atom stereocenters. The summed E-state index contributed by atoms with van der Waals surface area (Å²) in [6.45, 7) is 5.88. The maximum absolute atomic E-state index is 12.0. The molecule has 15 heavy (non-hydrogen) atoms. The molecule has 0 N–H and O–H groups in total. The van der Waals surface area contributed by atoms with Gasteiger partial charge in [-0.15, -0.1) is 11.3 Å². The fourth-order valence-electron chi connectivity index (χ4n) is 1.33. The zero-order chi connectivity index (χ0) is 11.3. The fraction of sp³-hybridized carbons (Fsp3) is 0.250. The van der Waals surface area contributed by atoms with E-state index in [9.17, 15) is 4.39 Å². The van der Waals surface area contributed by atoms with Crippen LogP contribution in [0.5, 0.6) is 0 Å². The van der Waals surface area contributed by atoms with Gasteiger partial charge in [0.2, 0.25) is 0 Å². The van der Waals surface area contributed by atoms with Crippen molar-refractivity contribution in [1.29, 1.82) is 0 Å². The molecule has 0 aliphatic carbocycles. The van der Waals surface area contributed by atoms with Gasteiger partial charge in [0.25, 0.3) is 0 Å². The topological polar surface area (TPSA) is 12.9 Å². The SMILES string of the molecule is C\C=C/C(=C\C=C\F)c1sc(C)nc1C. The number of nitrogens with zero attached hydrogens (tertiary/aromatic N) is 1. The highest BCUT2D eigenvalue weighted by Gasteiger charge is 2.06. The van der Waals surface area contributed by atoms with Gasteiger partial charge in [0.1, 0.15) is 0 Å². The molecular weight excluding hydrogens is 209 g/mol. The molecule has 0 radical (unpaired) electrons. The monoisotopic (exact) mass is 223 g/mol. The van der Waals surface area contributed by atoms with Crippen molar-refractivity contribution < 1.29 is 4.39 Å². The van der Waals surface area contributed by atoms with Crippen molar-refractivity contribution in [1.82, 2.24) is 4.98 Å². The third-order valence-corrected chi connectivity index (χ3v) is 2.98. The van der Waals surface area contributed by atoms with Crippen molar-refractivity contribution in [2.45, 2.75) is 20.8 Å². The summed E-state index contributed by atoms with van der Waals surface area (Å²) in [5.74, 6) is 0. The summed E-state index contributed by atoms with van der Waals surface area (Å²) in [6.07, 6.45) is 7.57. The van der Waals surface area contributed by atoms with Gasteiger partial charge < -0.3 is 0 Å². The molecule has 1 aromatic rings. The third kappa shape index (κ3) is 3.13. The number of thiazole rings is 1. The van der Waals surface area contributed by atoms with E-state index in [2.05, 4.69) is 4.98 Å². The lowest BCUT2D eigenvalue weighted by Crippen LogP contribution is -1.80. The lowest BCUT2D eigenvalue weighted by molar-refractivity contribution is 0.721. The second-order valence-electron chi connectivity index (χ2n) is 3.09. The van der Waals surface area contributed by atoms with Crippen LogP contribution < -0.4 is 0 Å². The first-order valence-electron chi connectivity index (χ1n) is 4.73. The largest absolute Gasteiger partial charge is 0.246 e. The first-order valence-corrected chi connectivity index (χ1v) is 5.54. The average molecular weight is 223 g/mol. The van der Waals surface area contributed by atoms with E-state index in [-0.39, 0.29) is 0 Å². The van der Waals surface area contributed by atoms with Crippen LogP contribution in [0.25, 0.3) is 5.57 Å². The molecule has 3 heteroatoms. The van der Waals surface area contributed by atoms with Gasteiger partial charge in [-0.2, -0.15) is 0 Å². The standard InChI is InChI=1S/C12H14FNS/c1-4-6-11(7-5-8-13)12-9(2)14-10(3)15-12/h4-8H,1-3H3/b6-4-,8-5+,11-7+. The Kier molecular flexibility index (Phi) is 4.43. The summed E-state index contributed by atoms with van der Waals surface area (Å²) in [5.41, 5.74) is 1.99. The van der Waals surface area contributed by atoms with E-state index < -0.39 is 0 Å². The van der Waals surface area contributed by atoms with Gasteiger partial charge >= 0.3 is 0 Å². The van der Waals surface area contributed by atoms with Crippen molar-refractivity contribution in [3.63, 3.8) is 0 Å². The van der Waals surface area contributed by atoms with Crippen LogP contribution in [-0.4, -0.2) is 4.98 Å². The molecule has 0 aromatic carbocycles. The van der Waals surface area contributed by atoms with Gasteiger partial charge in [-0.25, -0.2) is 9.37 Å². The van der Waals surface area contributed by atoms with E-state index >= 15 is 0 Å². The molecule has 0 aliphatic heterocycles. The number of hydrogen-bond donors (Lipinski definition) is 0. The van der Waals surface area contributed by atoms with Gasteiger partial charge in [-0.1, -0.05) is 18.2 Å². The second kappa shape index (κ2) is 5.61. The smallest absolute Gasteiger partial charge is 0.0903 e. The highest BCUT2D eigenvalue weighted by Crippen LogP contribution is 2.26. The van der Waals surface area contributed by atoms with Crippen LogP contribution in [0.2, 0.25) is 0 Å². The number of hydrogen-bond acceptors (Lipinski definition) is 2. The normalized spacial score (nSPS) is 13.2. The van der Waals surface area contributed by atoms with E-state index in [1.165, 1.54) is 6.08 Å². The number of rotatable bonds is 3. The number of aromatic nitrogens is 1. The Labute approximate surface area is 93.7 Å². The Bertz CT molecular complexity index is 413. The molecular formula is C12H14FNS. The number of aryl methyl sites for hydroxylation is 2. The predicted molar refractivity (Wildman–Crippen MR) is 64.6 cm³/mol. The molecule has 0 saturated heterocycles. The number of allylic oxidation sites excluding steroid dienone is 5. The van der Waals surface area contributed by atoms with Crippen molar-refractivity contribution in [2.75, 3.05) is 0 Å². The molecule has 0 aliphatic rings. The summed E-state index contributed by atoms with van der Waals surface area (Å²) >= 11 is 1.63. The molecule has 1 aromatic heterocycles. The summed E-state index contributed by atoms with van der Waals surface area (Å²) in [4.78, 5) is 5.45. The summed E-state index contributed by atoms with van der Waals surface area (Å²) in [7, 11) is 0. The summed E-state index contributed by atoms with van der Waals surface area (Å²) < 4.78 is 12.0. The van der Waals surface area contributed by atoms with Gasteiger partial charge in [0.05, 0.1) is 21.9 Å². The third-order valence-electron chi connectivity index (χ3n) is 1.86. The minimum absolute atomic E-state index is 0.534. The quantitative estimate of drug-likeness (QED) is 0.700. The fourth-order valence-corrected chi connectivity index (χ4v) is 2.25. The molecule has 0 atom stereocenters. The van der Waals surface area contributed by atoms with Crippen LogP contribution in [-0.2, 0) is 0 Å². The maximum atomic E-state index is 12.0. The average Bonchev–Trinajstić information content (AvgIpc) is 2.52. The van der Waals surface area contributed by atoms with Gasteiger partial charge in [0, 0.05) is 0 Å². The Morgan fingerprint density at radius 3 is 2.60 bits per heavy atom. The lowest BCUT2D eigenvalue weighted by atomic mass is 10.1. The van der Waals surface area contributed by atoms with Crippen molar-refractivity contribution in [2.24, 2.45) is 0 Å². The van der Waals surface area contributed by atoms with E-state index in [1.807, 2.05) is 32.9 Å². The van der Waals surface area contributed by atoms with Gasteiger partial charge in [-0.3, -0.25) is 0 Å². The number of halogens is 1. The summed E-state index contributed by atoms with van der Waals surface area (Å²) in [6, 6.07) is 0. The minimum Gasteiger partial charge on any atom is -0.246 e. The molecule has 0 fully saturated rings. The summed E-state index contributed by atoms with van der Waals surface area (Å²) in [5, 5.41) is 1.03. The maximum Gasteiger partial charge on any atom is 0.0903 e. The first-order chi connectivity index (χ1) is 7.19. The molecule has 1 rings (SSSR count). The predicted octanol–water partition coefficient (Wildman–Crippen LogP) is 4.20. The van der Waals surface area contributed by atoms with Gasteiger partial charge in [-0.05, 0) is 32.4 Å². The second-order valence-corrected chi connectivity index (χ2v) is 4.29. The molecule has 80 valence electrons. The Morgan fingerprint density at radius 2 is 2.13 bits per heavy atom. The van der Waals surface area contributed by atoms with Crippen LogP contribution in [0.1, 0.15) is 22.5 Å². The highest BCUT2D eigenvalue weighted by atomic mass is 32.1. The highest BCUT2D eigenvalue weighted by molar-refractivity contribution is 7.12. The van der Waals surface area contributed by atoms with E-state index in [0.29, 0.717) is 6.33 Å². The van der Waals surface area contributed by atoms with Crippen LogP contribution in [0.4, 0.5) is 4.39 Å². The Morgan fingerprint density at radius 1 is 1.40 bits per heavy atom. The minimum atomic E-state index is 0.534. The van der Waals surface area contributed by atoms with E-state index in [0.717, 1.165) is 21.2 Å². The Balaban J connectivity index is 3.15. The zero-order valence-corrected chi connectivity index (χ0v) is 9.94. The van der Waals surface area contributed by atoms with Crippen molar-refractivity contribution >= 4 is 16.9 Å². The van der Waals surface area contributed by atoms with Crippen LogP contribution >= 0.6 is 11.3 Å². The molecule has 0 bridgehead atoms. The molecule has 0 saturated carbocycles.